The van der Waals surface area contributed by atoms with E-state index in [-0.39, 0.29) is 5.54 Å². The Morgan fingerprint density at radius 2 is 1.65 bits per heavy atom. The molecule has 1 N–H and O–H groups in total. The molecular formula is C18H32N2. The number of hydrogen-bond acceptors (Lipinski definition) is 2. The highest BCUT2D eigenvalue weighted by atomic mass is 15.0. The van der Waals surface area contributed by atoms with Gasteiger partial charge in [-0.05, 0) is 31.9 Å². The maximum absolute atomic E-state index is 4.42. The molecule has 1 unspecified atom stereocenters. The number of nitrogens with one attached hydrogen (secondary N) is 1. The normalized spacial score (nSPS) is 13.9. The SMILES string of the molecule is CCCCCCCC(C)(CCCC)Nc1ccccn1. The van der Waals surface area contributed by atoms with E-state index in [1.165, 1.54) is 57.8 Å². The van der Waals surface area contributed by atoms with Crippen LogP contribution in [0, 0.1) is 0 Å². The summed E-state index contributed by atoms with van der Waals surface area (Å²) < 4.78 is 0. The highest BCUT2D eigenvalue weighted by Crippen LogP contribution is 2.26. The first-order valence-corrected chi connectivity index (χ1v) is 8.39. The number of unbranched alkanes of at least 4 members (excludes halogenated alkanes) is 5. The van der Waals surface area contributed by atoms with E-state index in [9.17, 15) is 0 Å². The molecule has 0 aliphatic carbocycles. The van der Waals surface area contributed by atoms with Crippen molar-refractivity contribution in [2.45, 2.75) is 84.1 Å². The zero-order valence-corrected chi connectivity index (χ0v) is 13.6. The Kier molecular flexibility index (Phi) is 8.32. The Bertz CT molecular complexity index is 337. The molecule has 2 nitrogen and oxygen atoms in total. The Morgan fingerprint density at radius 1 is 0.950 bits per heavy atom. The Hall–Kier alpha value is -1.05. The molecule has 0 bridgehead atoms. The van der Waals surface area contributed by atoms with E-state index in [2.05, 4.69) is 43.2 Å². The number of anilines is 1. The molecule has 0 saturated carbocycles. The maximum atomic E-state index is 4.42. The summed E-state index contributed by atoms with van der Waals surface area (Å²) in [5.74, 6) is 1.01. The second-order valence-corrected chi connectivity index (χ2v) is 6.17. The fourth-order valence-corrected chi connectivity index (χ4v) is 2.68. The van der Waals surface area contributed by atoms with E-state index in [0.717, 1.165) is 5.82 Å². The molecule has 1 aromatic rings. The van der Waals surface area contributed by atoms with Gasteiger partial charge in [0.05, 0.1) is 0 Å². The fourth-order valence-electron chi connectivity index (χ4n) is 2.68. The number of nitrogens with zero attached hydrogens (tertiary/aromatic N) is 1. The van der Waals surface area contributed by atoms with Crippen LogP contribution in [0.1, 0.15) is 78.6 Å². The van der Waals surface area contributed by atoms with Crippen molar-refractivity contribution >= 4 is 5.82 Å². The number of rotatable bonds is 11. The minimum atomic E-state index is 0.191. The summed E-state index contributed by atoms with van der Waals surface area (Å²) in [6.45, 7) is 6.90. The molecule has 114 valence electrons. The fraction of sp³-hybridized carbons (Fsp3) is 0.722. The molecular weight excluding hydrogens is 244 g/mol. The third-order valence-corrected chi connectivity index (χ3v) is 4.01. The summed E-state index contributed by atoms with van der Waals surface area (Å²) in [7, 11) is 0. The van der Waals surface area contributed by atoms with Gasteiger partial charge in [-0.15, -0.1) is 0 Å². The van der Waals surface area contributed by atoms with E-state index in [0.29, 0.717) is 0 Å². The molecule has 0 aromatic carbocycles. The lowest BCUT2D eigenvalue weighted by molar-refractivity contribution is 0.399. The van der Waals surface area contributed by atoms with Gasteiger partial charge in [0, 0.05) is 11.7 Å². The zero-order valence-electron chi connectivity index (χ0n) is 13.6. The average molecular weight is 276 g/mol. The van der Waals surface area contributed by atoms with Gasteiger partial charge in [0.2, 0.25) is 0 Å². The van der Waals surface area contributed by atoms with Crippen LogP contribution >= 0.6 is 0 Å². The predicted octanol–water partition coefficient (Wildman–Crippen LogP) is 5.80. The van der Waals surface area contributed by atoms with E-state index in [1.54, 1.807) is 0 Å². The number of pyridine rings is 1. The van der Waals surface area contributed by atoms with Crippen LogP contribution in [0.4, 0.5) is 5.82 Å². The van der Waals surface area contributed by atoms with Crippen LogP contribution in [-0.4, -0.2) is 10.5 Å². The standard InChI is InChI=1S/C18H32N2/c1-4-6-8-9-11-15-18(3,14-7-5-2)20-17-13-10-12-16-19-17/h10,12-13,16H,4-9,11,14-15H2,1-3H3,(H,19,20). The van der Waals surface area contributed by atoms with Crippen molar-refractivity contribution in [1.29, 1.82) is 0 Å². The second kappa shape index (κ2) is 9.79. The summed E-state index contributed by atoms with van der Waals surface area (Å²) in [6, 6.07) is 6.09. The smallest absolute Gasteiger partial charge is 0.126 e. The monoisotopic (exact) mass is 276 g/mol. The molecule has 0 saturated heterocycles. The summed E-state index contributed by atoms with van der Waals surface area (Å²) in [6.07, 6.45) is 13.6. The predicted molar refractivity (Wildman–Crippen MR) is 89.2 cm³/mol. The molecule has 0 fully saturated rings. The lowest BCUT2D eigenvalue weighted by Gasteiger charge is -2.32. The molecule has 0 aliphatic rings. The van der Waals surface area contributed by atoms with Gasteiger partial charge in [0.1, 0.15) is 5.82 Å². The van der Waals surface area contributed by atoms with Crippen LogP contribution in [0.3, 0.4) is 0 Å². The molecule has 20 heavy (non-hydrogen) atoms. The first kappa shape index (κ1) is 17.0. The van der Waals surface area contributed by atoms with Crippen LogP contribution in [0.5, 0.6) is 0 Å². The van der Waals surface area contributed by atoms with Gasteiger partial charge in [-0.3, -0.25) is 0 Å². The van der Waals surface area contributed by atoms with Crippen molar-refractivity contribution in [3.63, 3.8) is 0 Å². The number of aromatic nitrogens is 1. The summed E-state index contributed by atoms with van der Waals surface area (Å²) >= 11 is 0. The van der Waals surface area contributed by atoms with Gasteiger partial charge in [-0.1, -0.05) is 64.9 Å². The minimum Gasteiger partial charge on any atom is -0.365 e. The van der Waals surface area contributed by atoms with Crippen molar-refractivity contribution in [3.05, 3.63) is 24.4 Å². The van der Waals surface area contributed by atoms with E-state index >= 15 is 0 Å². The first-order valence-electron chi connectivity index (χ1n) is 8.39. The van der Waals surface area contributed by atoms with Crippen molar-refractivity contribution in [2.75, 3.05) is 5.32 Å². The van der Waals surface area contributed by atoms with Crippen molar-refractivity contribution in [1.82, 2.24) is 4.98 Å². The van der Waals surface area contributed by atoms with Crippen molar-refractivity contribution in [3.8, 4) is 0 Å². The molecule has 0 aliphatic heterocycles. The van der Waals surface area contributed by atoms with E-state index < -0.39 is 0 Å². The van der Waals surface area contributed by atoms with Crippen molar-refractivity contribution in [2.24, 2.45) is 0 Å². The topological polar surface area (TPSA) is 24.9 Å². The molecule has 2 heteroatoms. The van der Waals surface area contributed by atoms with Gasteiger partial charge in [-0.2, -0.15) is 0 Å². The summed E-state index contributed by atoms with van der Waals surface area (Å²) in [5.41, 5.74) is 0.191. The molecule has 1 aromatic heterocycles. The molecule has 0 radical (unpaired) electrons. The Balaban J connectivity index is 2.47. The van der Waals surface area contributed by atoms with Crippen LogP contribution in [-0.2, 0) is 0 Å². The largest absolute Gasteiger partial charge is 0.365 e. The molecule has 0 amide bonds. The maximum Gasteiger partial charge on any atom is 0.126 e. The van der Waals surface area contributed by atoms with Crippen LogP contribution in [0.15, 0.2) is 24.4 Å². The molecule has 1 atom stereocenters. The number of hydrogen-bond donors (Lipinski definition) is 1. The Labute approximate surface area is 125 Å². The first-order chi connectivity index (χ1) is 9.70. The highest BCUT2D eigenvalue weighted by molar-refractivity contribution is 5.36. The van der Waals surface area contributed by atoms with Crippen LogP contribution < -0.4 is 5.32 Å². The minimum absolute atomic E-state index is 0.191. The van der Waals surface area contributed by atoms with Gasteiger partial charge in [-0.25, -0.2) is 4.98 Å². The molecule has 1 rings (SSSR count). The van der Waals surface area contributed by atoms with Gasteiger partial charge >= 0.3 is 0 Å². The quantitative estimate of drug-likeness (QED) is 0.516. The van der Waals surface area contributed by atoms with E-state index in [1.807, 2.05) is 12.3 Å². The third kappa shape index (κ3) is 6.93. The lowest BCUT2D eigenvalue weighted by atomic mass is 9.88. The Morgan fingerprint density at radius 3 is 2.30 bits per heavy atom. The lowest BCUT2D eigenvalue weighted by Crippen LogP contribution is -2.35. The summed E-state index contributed by atoms with van der Waals surface area (Å²) in [5, 5.41) is 3.67. The van der Waals surface area contributed by atoms with Gasteiger partial charge in [0.25, 0.3) is 0 Å². The van der Waals surface area contributed by atoms with Crippen LogP contribution in [0.2, 0.25) is 0 Å². The van der Waals surface area contributed by atoms with Crippen molar-refractivity contribution < 1.29 is 0 Å². The molecule has 0 spiro atoms. The van der Waals surface area contributed by atoms with E-state index in [4.69, 9.17) is 0 Å². The highest BCUT2D eigenvalue weighted by Gasteiger charge is 2.23. The van der Waals surface area contributed by atoms with Gasteiger partial charge in [0.15, 0.2) is 0 Å². The summed E-state index contributed by atoms with van der Waals surface area (Å²) in [4.78, 5) is 4.42. The zero-order chi connectivity index (χ0) is 14.7. The van der Waals surface area contributed by atoms with Gasteiger partial charge < -0.3 is 5.32 Å². The third-order valence-electron chi connectivity index (χ3n) is 4.01. The van der Waals surface area contributed by atoms with Crippen LogP contribution in [0.25, 0.3) is 0 Å². The molecule has 1 heterocycles. The average Bonchev–Trinajstić information content (AvgIpc) is 2.46. The second-order valence-electron chi connectivity index (χ2n) is 6.17.